The van der Waals surface area contributed by atoms with Crippen molar-refractivity contribution in [2.75, 3.05) is 13.1 Å². The third-order valence-electron chi connectivity index (χ3n) is 4.26. The molecule has 1 aliphatic rings. The maximum absolute atomic E-state index is 12.7. The van der Waals surface area contributed by atoms with E-state index in [9.17, 15) is 13.2 Å². The van der Waals surface area contributed by atoms with Crippen LogP contribution in [0.5, 0.6) is 0 Å². The average molecular weight is 411 g/mol. The number of benzene rings is 2. The Balaban J connectivity index is 1.61. The van der Waals surface area contributed by atoms with Crippen LogP contribution in [0, 0.1) is 0 Å². The zero-order valence-corrected chi connectivity index (χ0v) is 16.4. The fourth-order valence-corrected chi connectivity index (χ4v) is 4.68. The minimum Gasteiger partial charge on any atom is -0.339 e. The lowest BCUT2D eigenvalue weighted by Crippen LogP contribution is -2.39. The van der Waals surface area contributed by atoms with Gasteiger partial charge >= 0.3 is 0 Å². The summed E-state index contributed by atoms with van der Waals surface area (Å²) in [7, 11) is -3.82. The fraction of sp³-hybridized carbons (Fsp3) is 0.278. The maximum atomic E-state index is 12.7. The van der Waals surface area contributed by atoms with E-state index in [4.69, 9.17) is 16.7 Å². The van der Waals surface area contributed by atoms with Crippen molar-refractivity contribution in [1.82, 2.24) is 4.90 Å². The highest BCUT2D eigenvalue weighted by molar-refractivity contribution is 8.00. The molecule has 2 aromatic carbocycles. The first kappa shape index (κ1) is 19.2. The molecule has 1 heterocycles. The SMILES string of the molecule is NS(=O)(=O)c1cccc(C(=O)N2CCC(Sc3ccc(Cl)cc3)CC2)c1. The second kappa shape index (κ2) is 8.00. The molecule has 0 radical (unpaired) electrons. The van der Waals surface area contributed by atoms with Crippen molar-refractivity contribution in [2.24, 2.45) is 5.14 Å². The number of carbonyl (C=O) groups is 1. The van der Waals surface area contributed by atoms with E-state index < -0.39 is 10.0 Å². The lowest BCUT2D eigenvalue weighted by atomic mass is 10.1. The molecule has 26 heavy (non-hydrogen) atoms. The van der Waals surface area contributed by atoms with Gasteiger partial charge in [0.1, 0.15) is 0 Å². The number of hydrogen-bond acceptors (Lipinski definition) is 4. The predicted octanol–water partition coefficient (Wildman–Crippen LogP) is 3.38. The largest absolute Gasteiger partial charge is 0.339 e. The van der Waals surface area contributed by atoms with E-state index in [-0.39, 0.29) is 10.8 Å². The summed E-state index contributed by atoms with van der Waals surface area (Å²) in [5.74, 6) is -0.162. The molecule has 0 unspecified atom stereocenters. The van der Waals surface area contributed by atoms with Crippen LogP contribution in [0.25, 0.3) is 0 Å². The molecule has 2 N–H and O–H groups in total. The number of carbonyl (C=O) groups excluding carboxylic acids is 1. The molecular weight excluding hydrogens is 392 g/mol. The first-order valence-corrected chi connectivity index (χ1v) is 11.0. The predicted molar refractivity (Wildman–Crippen MR) is 104 cm³/mol. The molecule has 0 saturated carbocycles. The van der Waals surface area contributed by atoms with Crippen LogP contribution < -0.4 is 5.14 Å². The van der Waals surface area contributed by atoms with Crippen molar-refractivity contribution in [2.45, 2.75) is 27.9 Å². The first-order chi connectivity index (χ1) is 12.3. The minimum absolute atomic E-state index is 0.0449. The van der Waals surface area contributed by atoms with Crippen LogP contribution in [0.4, 0.5) is 0 Å². The number of piperidine rings is 1. The summed E-state index contributed by atoms with van der Waals surface area (Å²) in [5.41, 5.74) is 0.348. The van der Waals surface area contributed by atoms with Gasteiger partial charge in [-0.1, -0.05) is 17.7 Å². The number of rotatable bonds is 4. The topological polar surface area (TPSA) is 80.5 Å². The Morgan fingerprint density at radius 2 is 1.77 bits per heavy atom. The van der Waals surface area contributed by atoms with Crippen LogP contribution in [0.1, 0.15) is 23.2 Å². The van der Waals surface area contributed by atoms with Gasteiger partial charge in [0, 0.05) is 33.8 Å². The van der Waals surface area contributed by atoms with Gasteiger partial charge in [0.15, 0.2) is 0 Å². The van der Waals surface area contributed by atoms with Crippen molar-refractivity contribution in [3.8, 4) is 0 Å². The first-order valence-electron chi connectivity index (χ1n) is 8.17. The van der Waals surface area contributed by atoms with Crippen molar-refractivity contribution in [3.05, 3.63) is 59.1 Å². The number of halogens is 1. The summed E-state index contributed by atoms with van der Waals surface area (Å²) in [6, 6.07) is 13.6. The van der Waals surface area contributed by atoms with E-state index in [1.54, 1.807) is 22.7 Å². The second-order valence-corrected chi connectivity index (χ2v) is 9.51. The number of sulfonamides is 1. The van der Waals surface area contributed by atoms with E-state index in [1.165, 1.54) is 23.1 Å². The number of primary sulfonamides is 1. The van der Waals surface area contributed by atoms with E-state index in [0.717, 1.165) is 17.9 Å². The van der Waals surface area contributed by atoms with Crippen molar-refractivity contribution in [3.63, 3.8) is 0 Å². The van der Waals surface area contributed by atoms with E-state index in [1.807, 2.05) is 24.3 Å². The quantitative estimate of drug-likeness (QED) is 0.837. The number of nitrogens with zero attached hydrogens (tertiary/aromatic N) is 1. The van der Waals surface area contributed by atoms with Gasteiger partial charge in [0.05, 0.1) is 4.90 Å². The summed E-state index contributed by atoms with van der Waals surface area (Å²) in [5, 5.41) is 6.30. The molecule has 0 atom stereocenters. The summed E-state index contributed by atoms with van der Waals surface area (Å²) in [4.78, 5) is 15.5. The molecule has 0 aliphatic carbocycles. The molecule has 1 saturated heterocycles. The summed E-state index contributed by atoms with van der Waals surface area (Å²) in [6.45, 7) is 1.29. The van der Waals surface area contributed by atoms with E-state index in [2.05, 4.69) is 0 Å². The summed E-state index contributed by atoms with van der Waals surface area (Å²) < 4.78 is 22.9. The number of thioether (sulfide) groups is 1. The van der Waals surface area contributed by atoms with Gasteiger partial charge in [-0.3, -0.25) is 4.79 Å². The smallest absolute Gasteiger partial charge is 0.253 e. The Morgan fingerprint density at radius 3 is 2.38 bits per heavy atom. The van der Waals surface area contributed by atoms with Gasteiger partial charge in [0.2, 0.25) is 10.0 Å². The Morgan fingerprint density at radius 1 is 1.12 bits per heavy atom. The number of amides is 1. The van der Waals surface area contributed by atoms with Gasteiger partial charge in [-0.15, -0.1) is 11.8 Å². The molecule has 0 bridgehead atoms. The maximum Gasteiger partial charge on any atom is 0.253 e. The highest BCUT2D eigenvalue weighted by Gasteiger charge is 2.25. The molecule has 1 amide bonds. The fourth-order valence-electron chi connectivity index (χ4n) is 2.87. The standard InChI is InChI=1S/C18H19ClN2O3S2/c19-14-4-6-15(7-5-14)25-16-8-10-21(11-9-16)18(22)13-2-1-3-17(12-13)26(20,23)24/h1-7,12,16H,8-11H2,(H2,20,23,24). The third-order valence-corrected chi connectivity index (χ3v) is 6.77. The summed E-state index contributed by atoms with van der Waals surface area (Å²) >= 11 is 7.70. The van der Waals surface area contributed by atoms with Crippen LogP contribution in [-0.2, 0) is 10.0 Å². The second-order valence-electron chi connectivity index (χ2n) is 6.14. The van der Waals surface area contributed by atoms with Gasteiger partial charge in [0.25, 0.3) is 5.91 Å². The summed E-state index contributed by atoms with van der Waals surface area (Å²) in [6.07, 6.45) is 1.77. The average Bonchev–Trinajstić information content (AvgIpc) is 2.63. The molecule has 5 nitrogen and oxygen atoms in total. The molecule has 2 aromatic rings. The van der Waals surface area contributed by atoms with Crippen molar-refractivity contribution in [1.29, 1.82) is 0 Å². The third kappa shape index (κ3) is 4.79. The lowest BCUT2D eigenvalue weighted by Gasteiger charge is -2.31. The van der Waals surface area contributed by atoms with Crippen molar-refractivity contribution < 1.29 is 13.2 Å². The molecule has 0 spiro atoms. The Bertz CT molecular complexity index is 893. The molecule has 138 valence electrons. The van der Waals surface area contributed by atoms with Crippen LogP contribution in [0.2, 0.25) is 5.02 Å². The highest BCUT2D eigenvalue weighted by Crippen LogP contribution is 2.31. The van der Waals surface area contributed by atoms with Crippen LogP contribution in [0.15, 0.2) is 58.3 Å². The molecule has 1 fully saturated rings. The van der Waals surface area contributed by atoms with E-state index in [0.29, 0.717) is 23.9 Å². The highest BCUT2D eigenvalue weighted by atomic mass is 35.5. The normalized spacial score (nSPS) is 15.8. The molecule has 3 rings (SSSR count). The molecule has 1 aliphatic heterocycles. The number of hydrogen-bond donors (Lipinski definition) is 1. The van der Waals surface area contributed by atoms with Crippen LogP contribution in [-0.4, -0.2) is 37.6 Å². The lowest BCUT2D eigenvalue weighted by molar-refractivity contribution is 0.0727. The molecule has 8 heteroatoms. The minimum atomic E-state index is -3.82. The molecule has 0 aromatic heterocycles. The Kier molecular flexibility index (Phi) is 5.92. The van der Waals surface area contributed by atoms with Gasteiger partial charge < -0.3 is 4.90 Å². The van der Waals surface area contributed by atoms with Gasteiger partial charge in [-0.25, -0.2) is 13.6 Å². The number of likely N-dealkylation sites (tertiary alicyclic amines) is 1. The van der Waals surface area contributed by atoms with Crippen molar-refractivity contribution >= 4 is 39.3 Å². The zero-order valence-electron chi connectivity index (χ0n) is 14.0. The Labute approximate surface area is 162 Å². The zero-order chi connectivity index (χ0) is 18.7. The van der Waals surface area contributed by atoms with Gasteiger partial charge in [-0.05, 0) is 55.3 Å². The van der Waals surface area contributed by atoms with E-state index >= 15 is 0 Å². The number of nitrogens with two attached hydrogens (primary N) is 1. The van der Waals surface area contributed by atoms with Gasteiger partial charge in [-0.2, -0.15) is 0 Å². The molecular formula is C18H19ClN2O3S2. The van der Waals surface area contributed by atoms with Crippen LogP contribution >= 0.6 is 23.4 Å². The monoisotopic (exact) mass is 410 g/mol. The van der Waals surface area contributed by atoms with Crippen LogP contribution in [0.3, 0.4) is 0 Å². The Hall–Kier alpha value is -1.54.